The smallest absolute Gasteiger partial charge is 0.159 e. The highest BCUT2D eigenvalue weighted by Gasteiger charge is 2.23. The van der Waals surface area contributed by atoms with Crippen LogP contribution in [0.15, 0.2) is 186 Å². The lowest BCUT2D eigenvalue weighted by molar-refractivity contribution is 0.674. The number of hydrogen-bond acceptors (Lipinski definition) is 5. The minimum absolute atomic E-state index is 0.263. The van der Waals surface area contributed by atoms with E-state index >= 15 is 0 Å². The maximum absolute atomic E-state index is 5.27. The van der Waals surface area contributed by atoms with Gasteiger partial charge in [-0.1, -0.05) is 140 Å². The van der Waals surface area contributed by atoms with Gasteiger partial charge in [0, 0.05) is 51.5 Å². The van der Waals surface area contributed by atoms with Crippen LogP contribution >= 0.6 is 22.7 Å². The van der Waals surface area contributed by atoms with Crippen LogP contribution in [-0.4, -0.2) is 11.7 Å². The van der Waals surface area contributed by atoms with Crippen molar-refractivity contribution in [1.29, 1.82) is 0 Å². The molecular weight excluding hydrogens is 719 g/mol. The van der Waals surface area contributed by atoms with Crippen LogP contribution in [0, 0.1) is 0 Å². The zero-order chi connectivity index (χ0) is 36.7. The largest absolute Gasteiger partial charge is 0.344 e. The molecule has 3 heterocycles. The highest BCUT2D eigenvalue weighted by atomic mass is 32.1. The van der Waals surface area contributed by atoms with E-state index in [-0.39, 0.29) is 6.17 Å². The van der Waals surface area contributed by atoms with Crippen molar-refractivity contribution in [1.82, 2.24) is 5.32 Å². The van der Waals surface area contributed by atoms with Gasteiger partial charge < -0.3 is 5.32 Å². The molecule has 0 aliphatic carbocycles. The first-order chi connectivity index (χ1) is 27.7. The molecular formula is C51H31N3S2. The lowest BCUT2D eigenvalue weighted by atomic mass is 9.92. The topological polar surface area (TPSA) is 36.8 Å². The van der Waals surface area contributed by atoms with Crippen molar-refractivity contribution in [3.8, 4) is 11.1 Å². The third kappa shape index (κ3) is 4.95. The number of amidine groups is 2. The molecule has 1 aliphatic rings. The number of nitrogens with zero attached hydrogens (tertiary/aromatic N) is 2. The maximum Gasteiger partial charge on any atom is 0.159 e. The number of nitrogens with one attached hydrogen (secondary N) is 1. The first-order valence-electron chi connectivity index (χ1n) is 18.9. The molecule has 0 amide bonds. The van der Waals surface area contributed by atoms with Gasteiger partial charge in [0.15, 0.2) is 5.84 Å². The molecule has 56 heavy (non-hydrogen) atoms. The van der Waals surface area contributed by atoms with Gasteiger partial charge in [-0.2, -0.15) is 0 Å². The number of hydrogen-bond donors (Lipinski definition) is 1. The fraction of sp³-hybridized carbons (Fsp3) is 0.0196. The monoisotopic (exact) mass is 749 g/mol. The SMILES string of the molecule is c1ccc(C2N=C(c3ccc4c(c3)sc3ccc(-c5ccc6c7ccccc7c7ccccc7c6c5)cc34)N=C(c3cccc4c3sc3ccccc34)N2)cc1. The number of aliphatic imine (C=N–C) groups is 2. The molecule has 5 heteroatoms. The van der Waals surface area contributed by atoms with Gasteiger partial charge in [-0.15, -0.1) is 22.7 Å². The second kappa shape index (κ2) is 12.4. The summed E-state index contributed by atoms with van der Waals surface area (Å²) in [5.74, 6) is 1.58. The number of rotatable bonds is 4. The Balaban J connectivity index is 0.971. The van der Waals surface area contributed by atoms with Crippen LogP contribution in [0.4, 0.5) is 0 Å². The van der Waals surface area contributed by atoms with E-state index < -0.39 is 0 Å². The summed E-state index contributed by atoms with van der Waals surface area (Å²) in [5, 5.41) is 16.5. The zero-order valence-electron chi connectivity index (χ0n) is 30.0. The van der Waals surface area contributed by atoms with Crippen LogP contribution in [0.25, 0.3) is 83.8 Å². The molecule has 0 saturated heterocycles. The van der Waals surface area contributed by atoms with E-state index in [1.54, 1.807) is 0 Å². The molecule has 1 aliphatic heterocycles. The van der Waals surface area contributed by atoms with Crippen molar-refractivity contribution in [3.05, 3.63) is 193 Å². The first kappa shape index (κ1) is 31.7. The molecule has 0 bridgehead atoms. The van der Waals surface area contributed by atoms with Crippen LogP contribution in [0.3, 0.4) is 0 Å². The summed E-state index contributed by atoms with van der Waals surface area (Å²) >= 11 is 3.65. The molecule has 9 aromatic carbocycles. The summed E-state index contributed by atoms with van der Waals surface area (Å²) in [4.78, 5) is 10.5. The van der Waals surface area contributed by atoms with Crippen LogP contribution in [0.1, 0.15) is 22.9 Å². The van der Waals surface area contributed by atoms with Crippen LogP contribution in [0.2, 0.25) is 0 Å². The third-order valence-corrected chi connectivity index (χ3v) is 13.7. The van der Waals surface area contributed by atoms with E-state index in [4.69, 9.17) is 9.98 Å². The molecule has 1 atom stereocenters. The van der Waals surface area contributed by atoms with Gasteiger partial charge in [0.1, 0.15) is 12.0 Å². The Labute approximate surface area is 330 Å². The Bertz CT molecular complexity index is 3430. The van der Waals surface area contributed by atoms with Crippen molar-refractivity contribution >= 4 is 107 Å². The fourth-order valence-electron chi connectivity index (χ4n) is 8.64. The Kier molecular flexibility index (Phi) is 7.03. The summed E-state index contributed by atoms with van der Waals surface area (Å²) in [6.45, 7) is 0. The Morgan fingerprint density at radius 1 is 0.393 bits per heavy atom. The molecule has 1 N–H and O–H groups in total. The van der Waals surface area contributed by atoms with Crippen LogP contribution < -0.4 is 5.32 Å². The van der Waals surface area contributed by atoms with Crippen molar-refractivity contribution in [3.63, 3.8) is 0 Å². The Morgan fingerprint density at radius 3 is 1.75 bits per heavy atom. The standard InChI is InChI=1S/C51H31N3S2/c1-2-11-30(12-3-1)49-52-50(54-51(53-49)42-19-10-18-41-39-17-8-9-20-45(39)56-48(41)42)33-22-25-40-44-28-32(23-26-46(44)55-47(40)29-33)31-21-24-38-36-15-5-4-13-34(36)35-14-6-7-16-37(35)43(38)27-31/h1-29,49H,(H,52,53,54). The molecule has 0 radical (unpaired) electrons. The average molecular weight is 750 g/mol. The van der Waals surface area contributed by atoms with Crippen molar-refractivity contribution in [2.24, 2.45) is 9.98 Å². The molecule has 0 fully saturated rings. The minimum Gasteiger partial charge on any atom is -0.344 e. The first-order valence-corrected chi connectivity index (χ1v) is 20.6. The van der Waals surface area contributed by atoms with Gasteiger partial charge in [-0.3, -0.25) is 0 Å². The molecule has 3 nitrogen and oxygen atoms in total. The van der Waals surface area contributed by atoms with E-state index in [2.05, 4.69) is 181 Å². The van der Waals surface area contributed by atoms with Gasteiger partial charge in [-0.05, 0) is 85.4 Å². The van der Waals surface area contributed by atoms with Crippen molar-refractivity contribution < 1.29 is 0 Å². The molecule has 0 spiro atoms. The summed E-state index contributed by atoms with van der Waals surface area (Å²) in [6, 6.07) is 63.8. The van der Waals surface area contributed by atoms with E-state index in [0.717, 1.165) is 28.4 Å². The lowest BCUT2D eigenvalue weighted by Crippen LogP contribution is -2.33. The summed E-state index contributed by atoms with van der Waals surface area (Å²) < 4.78 is 5.01. The van der Waals surface area contributed by atoms with Gasteiger partial charge in [0.2, 0.25) is 0 Å². The Morgan fingerprint density at radius 2 is 0.964 bits per heavy atom. The summed E-state index contributed by atoms with van der Waals surface area (Å²) in [7, 11) is 0. The minimum atomic E-state index is -0.263. The van der Waals surface area contributed by atoms with Gasteiger partial charge in [-0.25, -0.2) is 9.98 Å². The van der Waals surface area contributed by atoms with Crippen molar-refractivity contribution in [2.75, 3.05) is 0 Å². The molecule has 2 aromatic heterocycles. The normalized spacial score (nSPS) is 14.6. The van der Waals surface area contributed by atoms with E-state index in [9.17, 15) is 0 Å². The highest BCUT2D eigenvalue weighted by molar-refractivity contribution is 7.26. The molecule has 12 rings (SSSR count). The van der Waals surface area contributed by atoms with E-state index in [0.29, 0.717) is 0 Å². The average Bonchev–Trinajstić information content (AvgIpc) is 3.84. The predicted octanol–water partition coefficient (Wildman–Crippen LogP) is 14.0. The van der Waals surface area contributed by atoms with Crippen molar-refractivity contribution in [2.45, 2.75) is 6.17 Å². The second-order valence-electron chi connectivity index (χ2n) is 14.5. The van der Waals surface area contributed by atoms with E-state index in [1.165, 1.54) is 83.8 Å². The molecule has 262 valence electrons. The van der Waals surface area contributed by atoms with Gasteiger partial charge >= 0.3 is 0 Å². The molecule has 0 saturated carbocycles. The third-order valence-electron chi connectivity index (χ3n) is 11.3. The van der Waals surface area contributed by atoms with Gasteiger partial charge in [0.05, 0.1) is 0 Å². The number of fused-ring (bicyclic) bond motifs is 12. The number of benzene rings is 9. The van der Waals surface area contributed by atoms with E-state index in [1.807, 2.05) is 22.7 Å². The van der Waals surface area contributed by atoms with Gasteiger partial charge in [0.25, 0.3) is 0 Å². The molecule has 1 unspecified atom stereocenters. The molecule has 11 aromatic rings. The highest BCUT2D eigenvalue weighted by Crippen LogP contribution is 2.41. The number of thiophene rings is 2. The predicted molar refractivity (Wildman–Crippen MR) is 242 cm³/mol. The fourth-order valence-corrected chi connectivity index (χ4v) is 11.0. The summed E-state index contributed by atoms with van der Waals surface area (Å²) in [6.07, 6.45) is -0.263. The maximum atomic E-state index is 5.27. The lowest BCUT2D eigenvalue weighted by Gasteiger charge is -2.24. The summed E-state index contributed by atoms with van der Waals surface area (Å²) in [5.41, 5.74) is 5.66. The second-order valence-corrected chi connectivity index (χ2v) is 16.7. The Hall–Kier alpha value is -6.66. The quantitative estimate of drug-likeness (QED) is 0.179. The van der Waals surface area contributed by atoms with Crippen LogP contribution in [0.5, 0.6) is 0 Å². The van der Waals surface area contributed by atoms with Crippen LogP contribution in [-0.2, 0) is 0 Å². The zero-order valence-corrected chi connectivity index (χ0v) is 31.7.